The van der Waals surface area contributed by atoms with Crippen LogP contribution in [0, 0.1) is 5.82 Å². The quantitative estimate of drug-likeness (QED) is 0.608. The molecule has 0 bridgehead atoms. The molecule has 0 fully saturated rings. The van der Waals surface area contributed by atoms with Gasteiger partial charge in [-0.05, 0) is 37.3 Å². The van der Waals surface area contributed by atoms with Crippen LogP contribution >= 0.6 is 11.3 Å². The van der Waals surface area contributed by atoms with E-state index in [0.717, 1.165) is 0 Å². The van der Waals surface area contributed by atoms with E-state index in [1.165, 1.54) is 28.0 Å². The van der Waals surface area contributed by atoms with Crippen LogP contribution in [0.15, 0.2) is 51.7 Å². The van der Waals surface area contributed by atoms with Crippen LogP contribution in [0.25, 0.3) is 21.3 Å². The number of carbonyl (C=O) groups is 1. The van der Waals surface area contributed by atoms with Gasteiger partial charge in [0.15, 0.2) is 10.7 Å². The number of aromatic nitrogens is 2. The summed E-state index contributed by atoms with van der Waals surface area (Å²) in [6.45, 7) is 1.60. The van der Waals surface area contributed by atoms with Crippen LogP contribution in [0.3, 0.4) is 0 Å². The van der Waals surface area contributed by atoms with Gasteiger partial charge in [0.1, 0.15) is 11.9 Å². The number of hydrogen-bond donors (Lipinski definition) is 1. The molecule has 0 saturated carbocycles. The van der Waals surface area contributed by atoms with Crippen molar-refractivity contribution in [3.8, 4) is 0 Å². The minimum atomic E-state index is -0.792. The summed E-state index contributed by atoms with van der Waals surface area (Å²) in [4.78, 5) is 28.9. The molecular weight excluding hydrogens is 345 g/mol. The topological polar surface area (TPSA) is 77.1 Å². The fraction of sp³-hybridized carbons (Fsp3) is 0.118. The standard InChI is InChI=1S/C17H12FN3O3S/c1-9(21-12-4-2-3-5-13(12)24-17(21)23)15(22)20-16-19-11-7-6-10(18)8-14(11)25-16/h2-9H,1H3,(H,19,20,22). The van der Waals surface area contributed by atoms with Crippen molar-refractivity contribution in [1.82, 2.24) is 9.55 Å². The molecule has 0 aliphatic rings. The fourth-order valence-corrected chi connectivity index (χ4v) is 3.52. The van der Waals surface area contributed by atoms with E-state index in [1.54, 1.807) is 37.3 Å². The molecule has 2 aromatic heterocycles. The Labute approximate surface area is 144 Å². The van der Waals surface area contributed by atoms with Gasteiger partial charge < -0.3 is 9.73 Å². The average molecular weight is 357 g/mol. The summed E-state index contributed by atoms with van der Waals surface area (Å²) in [5.41, 5.74) is 1.56. The van der Waals surface area contributed by atoms with E-state index in [-0.39, 0.29) is 5.82 Å². The van der Waals surface area contributed by atoms with Gasteiger partial charge in [-0.2, -0.15) is 0 Å². The number of hydrogen-bond acceptors (Lipinski definition) is 5. The third-order valence-electron chi connectivity index (χ3n) is 3.87. The van der Waals surface area contributed by atoms with Gasteiger partial charge in [0, 0.05) is 0 Å². The first-order valence-electron chi connectivity index (χ1n) is 7.50. The van der Waals surface area contributed by atoms with Crippen molar-refractivity contribution in [2.75, 3.05) is 5.32 Å². The molecule has 0 aliphatic carbocycles. The molecule has 4 rings (SSSR count). The second-order valence-corrected chi connectivity index (χ2v) is 6.53. The largest absolute Gasteiger partial charge is 0.420 e. The SMILES string of the molecule is CC(C(=O)Nc1nc2ccc(F)cc2s1)n1c(=O)oc2ccccc21. The number of fused-ring (bicyclic) bond motifs is 2. The smallest absolute Gasteiger partial charge is 0.408 e. The van der Waals surface area contributed by atoms with Gasteiger partial charge in [0.05, 0.1) is 15.7 Å². The van der Waals surface area contributed by atoms with Crippen molar-refractivity contribution >= 4 is 43.7 Å². The number of amides is 1. The van der Waals surface area contributed by atoms with Gasteiger partial charge in [-0.25, -0.2) is 14.2 Å². The number of carbonyl (C=O) groups excluding carboxylic acids is 1. The van der Waals surface area contributed by atoms with Gasteiger partial charge in [0.2, 0.25) is 5.91 Å². The summed E-state index contributed by atoms with van der Waals surface area (Å²) >= 11 is 1.17. The van der Waals surface area contributed by atoms with Crippen molar-refractivity contribution in [1.29, 1.82) is 0 Å². The maximum atomic E-state index is 13.3. The van der Waals surface area contributed by atoms with Crippen molar-refractivity contribution in [2.24, 2.45) is 0 Å². The average Bonchev–Trinajstić information content (AvgIpc) is 3.12. The molecule has 2 aromatic carbocycles. The summed E-state index contributed by atoms with van der Waals surface area (Å²) in [7, 11) is 0. The lowest BCUT2D eigenvalue weighted by molar-refractivity contribution is -0.118. The van der Waals surface area contributed by atoms with Crippen LogP contribution in [0.4, 0.5) is 9.52 Å². The van der Waals surface area contributed by atoms with Crippen molar-refractivity contribution < 1.29 is 13.6 Å². The zero-order valence-electron chi connectivity index (χ0n) is 13.0. The molecule has 1 N–H and O–H groups in total. The zero-order valence-corrected chi connectivity index (χ0v) is 13.8. The fourth-order valence-electron chi connectivity index (χ4n) is 2.63. The van der Waals surface area contributed by atoms with E-state index in [1.807, 2.05) is 0 Å². The Morgan fingerprint density at radius 3 is 2.96 bits per heavy atom. The second kappa shape index (κ2) is 5.82. The van der Waals surface area contributed by atoms with E-state index in [2.05, 4.69) is 10.3 Å². The monoisotopic (exact) mass is 357 g/mol. The molecule has 1 unspecified atom stereocenters. The molecular formula is C17H12FN3O3S. The Morgan fingerprint density at radius 1 is 1.32 bits per heavy atom. The predicted molar refractivity (Wildman–Crippen MR) is 93.4 cm³/mol. The minimum Gasteiger partial charge on any atom is -0.408 e. The number of benzene rings is 2. The maximum absolute atomic E-state index is 13.3. The Balaban J connectivity index is 1.65. The van der Waals surface area contributed by atoms with E-state index in [0.29, 0.717) is 26.4 Å². The molecule has 1 atom stereocenters. The maximum Gasteiger partial charge on any atom is 0.420 e. The van der Waals surface area contributed by atoms with Gasteiger partial charge in [-0.1, -0.05) is 23.5 Å². The van der Waals surface area contributed by atoms with Crippen molar-refractivity contribution in [2.45, 2.75) is 13.0 Å². The lowest BCUT2D eigenvalue weighted by Gasteiger charge is -2.11. The molecule has 0 saturated heterocycles. The minimum absolute atomic E-state index is 0.346. The first kappa shape index (κ1) is 15.5. The number of para-hydroxylation sites is 2. The molecule has 4 aromatic rings. The highest BCUT2D eigenvalue weighted by molar-refractivity contribution is 7.22. The van der Waals surface area contributed by atoms with Gasteiger partial charge in [-0.3, -0.25) is 9.36 Å². The van der Waals surface area contributed by atoms with Gasteiger partial charge in [-0.15, -0.1) is 0 Å². The number of oxazole rings is 1. The molecule has 126 valence electrons. The third-order valence-corrected chi connectivity index (χ3v) is 4.80. The summed E-state index contributed by atoms with van der Waals surface area (Å²) < 4.78 is 20.3. The van der Waals surface area contributed by atoms with Crippen LogP contribution in [0.1, 0.15) is 13.0 Å². The zero-order chi connectivity index (χ0) is 17.6. The van der Waals surface area contributed by atoms with Crippen molar-refractivity contribution in [3.63, 3.8) is 0 Å². The highest BCUT2D eigenvalue weighted by Gasteiger charge is 2.22. The van der Waals surface area contributed by atoms with E-state index >= 15 is 0 Å². The normalized spacial score (nSPS) is 12.6. The van der Waals surface area contributed by atoms with Crippen LogP contribution in [0.5, 0.6) is 0 Å². The lowest BCUT2D eigenvalue weighted by Crippen LogP contribution is -2.29. The highest BCUT2D eigenvalue weighted by Crippen LogP contribution is 2.27. The summed E-state index contributed by atoms with van der Waals surface area (Å²) in [6, 6.07) is 10.3. The van der Waals surface area contributed by atoms with Crippen LogP contribution < -0.4 is 11.1 Å². The molecule has 6 nitrogen and oxygen atoms in total. The first-order valence-corrected chi connectivity index (χ1v) is 8.31. The van der Waals surface area contributed by atoms with E-state index < -0.39 is 17.7 Å². The molecule has 0 aliphatic heterocycles. The molecule has 8 heteroatoms. The number of nitrogens with zero attached hydrogens (tertiary/aromatic N) is 2. The van der Waals surface area contributed by atoms with E-state index in [9.17, 15) is 14.0 Å². The van der Waals surface area contributed by atoms with Crippen molar-refractivity contribution in [3.05, 3.63) is 58.8 Å². The summed E-state index contributed by atoms with van der Waals surface area (Å²) in [5, 5.41) is 3.02. The summed E-state index contributed by atoms with van der Waals surface area (Å²) in [5.74, 6) is -1.37. The second-order valence-electron chi connectivity index (χ2n) is 5.50. The number of anilines is 1. The molecule has 1 amide bonds. The Kier molecular flexibility index (Phi) is 3.61. The molecule has 0 spiro atoms. The first-order chi connectivity index (χ1) is 12.0. The van der Waals surface area contributed by atoms with Crippen LogP contribution in [-0.2, 0) is 4.79 Å². The third kappa shape index (κ3) is 2.70. The summed E-state index contributed by atoms with van der Waals surface area (Å²) in [6.07, 6.45) is 0. The number of halogens is 1. The molecule has 2 heterocycles. The number of thiazole rings is 1. The van der Waals surface area contributed by atoms with Gasteiger partial charge in [0.25, 0.3) is 0 Å². The van der Waals surface area contributed by atoms with Crippen LogP contribution in [0.2, 0.25) is 0 Å². The highest BCUT2D eigenvalue weighted by atomic mass is 32.1. The Morgan fingerprint density at radius 2 is 2.12 bits per heavy atom. The van der Waals surface area contributed by atoms with Crippen LogP contribution in [-0.4, -0.2) is 15.5 Å². The van der Waals surface area contributed by atoms with E-state index in [4.69, 9.17) is 4.42 Å². The lowest BCUT2D eigenvalue weighted by atomic mass is 10.2. The van der Waals surface area contributed by atoms with Gasteiger partial charge >= 0.3 is 5.76 Å². The molecule has 25 heavy (non-hydrogen) atoms. The predicted octanol–water partition coefficient (Wildman–Crippen LogP) is 3.54. The Hall–Kier alpha value is -3.00. The number of rotatable bonds is 3. The molecule has 0 radical (unpaired) electrons. The Bertz CT molecular complexity index is 1160. The number of nitrogens with one attached hydrogen (secondary N) is 1.